The standard InChI is InChI=1S/C28H35FN4O4/c29-22-10-8-20(9-11-22)5-4-14-28(19-24(34)32-37)15-18-33(27(28)36)25(21-6-2-1-3-7-21)26(35)31-23-12-16-30-17-13-23/h8-13,16-17,21,25,37H,1-7,14-15,18-19H2,(H,32,34)(H,30,31,35). The molecule has 0 spiro atoms. The van der Waals surface area contributed by atoms with Crippen LogP contribution in [0, 0.1) is 17.2 Å². The number of pyridine rings is 1. The molecule has 1 aliphatic heterocycles. The largest absolute Gasteiger partial charge is 0.330 e. The molecule has 1 aliphatic carbocycles. The Bertz CT molecular complexity index is 1080. The lowest BCUT2D eigenvalue weighted by Gasteiger charge is -2.37. The molecule has 1 saturated heterocycles. The molecule has 0 radical (unpaired) electrons. The number of aryl methyl sites for hydroxylation is 1. The second-order valence-electron chi connectivity index (χ2n) is 10.3. The van der Waals surface area contributed by atoms with Crippen LogP contribution in [0.5, 0.6) is 0 Å². The Morgan fingerprint density at radius 1 is 1.11 bits per heavy atom. The first kappa shape index (κ1) is 26.7. The molecule has 3 amide bonds. The van der Waals surface area contributed by atoms with Crippen molar-refractivity contribution in [2.24, 2.45) is 11.3 Å². The third kappa shape index (κ3) is 6.52. The van der Waals surface area contributed by atoms with E-state index in [1.165, 1.54) is 12.1 Å². The molecule has 1 saturated carbocycles. The fourth-order valence-corrected chi connectivity index (χ4v) is 5.94. The van der Waals surface area contributed by atoms with Crippen LogP contribution in [0.25, 0.3) is 0 Å². The number of likely N-dealkylation sites (tertiary alicyclic amines) is 1. The number of rotatable bonds is 10. The van der Waals surface area contributed by atoms with Crippen molar-refractivity contribution in [3.63, 3.8) is 0 Å². The number of nitrogens with one attached hydrogen (secondary N) is 2. The van der Waals surface area contributed by atoms with E-state index in [0.717, 1.165) is 37.7 Å². The first-order valence-electron chi connectivity index (χ1n) is 13.1. The summed E-state index contributed by atoms with van der Waals surface area (Å²) in [6, 6.07) is 9.05. The minimum atomic E-state index is -1.00. The van der Waals surface area contributed by atoms with Crippen molar-refractivity contribution in [3.05, 3.63) is 60.2 Å². The maximum Gasteiger partial charge on any atom is 0.247 e. The van der Waals surface area contributed by atoms with E-state index >= 15 is 0 Å². The van der Waals surface area contributed by atoms with Crippen LogP contribution in [-0.4, -0.2) is 45.4 Å². The van der Waals surface area contributed by atoms with Crippen LogP contribution in [0.4, 0.5) is 10.1 Å². The molecule has 8 nitrogen and oxygen atoms in total. The minimum absolute atomic E-state index is 0.0428. The highest BCUT2D eigenvalue weighted by Crippen LogP contribution is 2.43. The van der Waals surface area contributed by atoms with E-state index in [1.54, 1.807) is 47.0 Å². The Morgan fingerprint density at radius 2 is 1.81 bits per heavy atom. The summed E-state index contributed by atoms with van der Waals surface area (Å²) < 4.78 is 13.3. The molecule has 2 fully saturated rings. The van der Waals surface area contributed by atoms with Gasteiger partial charge in [-0.05, 0) is 74.3 Å². The second-order valence-corrected chi connectivity index (χ2v) is 10.3. The second kappa shape index (κ2) is 12.3. The number of hydrogen-bond acceptors (Lipinski definition) is 5. The van der Waals surface area contributed by atoms with E-state index in [0.29, 0.717) is 37.9 Å². The number of aromatic nitrogens is 1. The van der Waals surface area contributed by atoms with Crippen LogP contribution < -0.4 is 10.8 Å². The van der Waals surface area contributed by atoms with E-state index in [9.17, 15) is 24.0 Å². The van der Waals surface area contributed by atoms with Crippen molar-refractivity contribution < 1.29 is 24.0 Å². The highest BCUT2D eigenvalue weighted by atomic mass is 19.1. The lowest BCUT2D eigenvalue weighted by molar-refractivity contribution is -0.147. The summed E-state index contributed by atoms with van der Waals surface area (Å²) >= 11 is 0. The molecule has 37 heavy (non-hydrogen) atoms. The number of hydroxylamine groups is 1. The van der Waals surface area contributed by atoms with Crippen molar-refractivity contribution >= 4 is 23.4 Å². The van der Waals surface area contributed by atoms with E-state index in [2.05, 4.69) is 10.3 Å². The van der Waals surface area contributed by atoms with E-state index in [1.807, 2.05) is 0 Å². The fourth-order valence-electron chi connectivity index (χ4n) is 5.94. The zero-order chi connectivity index (χ0) is 26.3. The van der Waals surface area contributed by atoms with Gasteiger partial charge < -0.3 is 10.2 Å². The van der Waals surface area contributed by atoms with Gasteiger partial charge in [-0.2, -0.15) is 0 Å². The number of anilines is 1. The third-order valence-electron chi connectivity index (χ3n) is 7.85. The summed E-state index contributed by atoms with van der Waals surface area (Å²) in [6.45, 7) is 0.374. The number of benzene rings is 1. The van der Waals surface area contributed by atoms with Gasteiger partial charge in [-0.15, -0.1) is 0 Å². The van der Waals surface area contributed by atoms with Crippen molar-refractivity contribution in [1.29, 1.82) is 0 Å². The molecule has 4 rings (SSSR count). The van der Waals surface area contributed by atoms with Gasteiger partial charge in [0.1, 0.15) is 11.9 Å². The van der Waals surface area contributed by atoms with Crippen LogP contribution >= 0.6 is 0 Å². The lowest BCUT2D eigenvalue weighted by atomic mass is 9.77. The SMILES string of the molecule is O=C(CC1(CCCc2ccc(F)cc2)CCN(C(C(=O)Nc2ccncc2)C2CCCCC2)C1=O)NO. The smallest absolute Gasteiger partial charge is 0.247 e. The van der Waals surface area contributed by atoms with E-state index < -0.39 is 17.4 Å². The Balaban J connectivity index is 1.54. The van der Waals surface area contributed by atoms with Crippen LogP contribution in [0.1, 0.15) is 63.4 Å². The van der Waals surface area contributed by atoms with Crippen molar-refractivity contribution in [3.8, 4) is 0 Å². The van der Waals surface area contributed by atoms with Crippen molar-refractivity contribution in [1.82, 2.24) is 15.4 Å². The quantitative estimate of drug-likeness (QED) is 0.327. The lowest BCUT2D eigenvalue weighted by Crippen LogP contribution is -2.52. The Hall–Kier alpha value is -3.33. The molecule has 1 aromatic heterocycles. The molecule has 2 aromatic rings. The van der Waals surface area contributed by atoms with Gasteiger partial charge in [0.15, 0.2) is 0 Å². The summed E-state index contributed by atoms with van der Waals surface area (Å²) in [5, 5.41) is 12.2. The Labute approximate surface area is 216 Å². The molecule has 0 bridgehead atoms. The number of amides is 3. The molecule has 198 valence electrons. The van der Waals surface area contributed by atoms with Crippen LogP contribution in [0.3, 0.4) is 0 Å². The van der Waals surface area contributed by atoms with Gasteiger partial charge in [0, 0.05) is 31.0 Å². The van der Waals surface area contributed by atoms with Gasteiger partial charge in [0.05, 0.1) is 5.41 Å². The van der Waals surface area contributed by atoms with E-state index in [-0.39, 0.29) is 30.0 Å². The summed E-state index contributed by atoms with van der Waals surface area (Å²) in [4.78, 5) is 45.6. The molecule has 1 aromatic carbocycles. The topological polar surface area (TPSA) is 112 Å². The Morgan fingerprint density at radius 3 is 2.49 bits per heavy atom. The van der Waals surface area contributed by atoms with Gasteiger partial charge in [-0.3, -0.25) is 24.6 Å². The van der Waals surface area contributed by atoms with Gasteiger partial charge in [0.25, 0.3) is 0 Å². The molecule has 9 heteroatoms. The summed E-state index contributed by atoms with van der Waals surface area (Å²) in [7, 11) is 0. The number of carbonyl (C=O) groups is 3. The predicted molar refractivity (Wildman–Crippen MR) is 136 cm³/mol. The zero-order valence-corrected chi connectivity index (χ0v) is 21.0. The predicted octanol–water partition coefficient (Wildman–Crippen LogP) is 4.25. The van der Waals surface area contributed by atoms with Crippen LogP contribution in [0.2, 0.25) is 0 Å². The summed E-state index contributed by atoms with van der Waals surface area (Å²) in [5.74, 6) is -1.32. The van der Waals surface area contributed by atoms with E-state index in [4.69, 9.17) is 0 Å². The molecule has 2 atom stereocenters. The fraction of sp³-hybridized carbons (Fsp3) is 0.500. The first-order chi connectivity index (χ1) is 17.9. The third-order valence-corrected chi connectivity index (χ3v) is 7.85. The average Bonchev–Trinajstić information content (AvgIpc) is 3.21. The monoisotopic (exact) mass is 510 g/mol. The highest BCUT2D eigenvalue weighted by molar-refractivity contribution is 5.99. The molecular weight excluding hydrogens is 475 g/mol. The van der Waals surface area contributed by atoms with Crippen molar-refractivity contribution in [2.75, 3.05) is 11.9 Å². The number of carbonyl (C=O) groups excluding carboxylic acids is 3. The summed E-state index contributed by atoms with van der Waals surface area (Å²) in [5.41, 5.74) is 2.24. The maximum atomic E-state index is 14.0. The molecule has 3 N–H and O–H groups in total. The average molecular weight is 511 g/mol. The van der Waals surface area contributed by atoms with Gasteiger partial charge >= 0.3 is 0 Å². The number of hydrogen-bond donors (Lipinski definition) is 3. The van der Waals surface area contributed by atoms with Gasteiger partial charge in [-0.1, -0.05) is 31.4 Å². The van der Waals surface area contributed by atoms with Gasteiger partial charge in [0.2, 0.25) is 17.7 Å². The van der Waals surface area contributed by atoms with Crippen LogP contribution in [0.15, 0.2) is 48.8 Å². The van der Waals surface area contributed by atoms with Crippen LogP contribution in [-0.2, 0) is 20.8 Å². The summed E-state index contributed by atoms with van der Waals surface area (Å²) in [6.07, 6.45) is 10.0. The molecule has 2 aliphatic rings. The molecular formula is C28H35FN4O4. The highest BCUT2D eigenvalue weighted by Gasteiger charge is 2.51. The number of halogens is 1. The Kier molecular flexibility index (Phi) is 8.87. The number of nitrogens with zero attached hydrogens (tertiary/aromatic N) is 2. The molecule has 2 unspecified atom stereocenters. The minimum Gasteiger partial charge on any atom is -0.330 e. The van der Waals surface area contributed by atoms with Gasteiger partial charge in [-0.25, -0.2) is 9.87 Å². The first-order valence-corrected chi connectivity index (χ1v) is 13.1. The zero-order valence-electron chi connectivity index (χ0n) is 21.0. The molecule has 2 heterocycles. The maximum absolute atomic E-state index is 14.0. The normalized spacial score (nSPS) is 21.0. The van der Waals surface area contributed by atoms with Crippen molar-refractivity contribution in [2.45, 2.75) is 70.3 Å².